The van der Waals surface area contributed by atoms with E-state index in [2.05, 4.69) is 21.4 Å². The maximum Gasteiger partial charge on any atom is 0.137 e. The maximum atomic E-state index is 13.3. The molecule has 90 valence electrons. The average Bonchev–Trinajstić information content (AvgIpc) is 2.30. The molecule has 3 nitrogen and oxygen atoms in total. The molecule has 0 radical (unpaired) electrons. The topological polar surface area (TPSA) is 47.3 Å². The molecule has 5 heteroatoms. The summed E-state index contributed by atoms with van der Waals surface area (Å²) < 4.78 is 19.0. The van der Waals surface area contributed by atoms with E-state index in [0.29, 0.717) is 24.1 Å². The van der Waals surface area contributed by atoms with Crippen LogP contribution in [0.4, 0.5) is 4.39 Å². The first kappa shape index (κ1) is 13.6. The molecule has 0 aliphatic rings. The zero-order valence-corrected chi connectivity index (χ0v) is 10.8. The van der Waals surface area contributed by atoms with E-state index in [9.17, 15) is 4.39 Å². The Morgan fingerprint density at radius 1 is 1.56 bits per heavy atom. The van der Waals surface area contributed by atoms with Crippen molar-refractivity contribution in [1.29, 1.82) is 0 Å². The van der Waals surface area contributed by atoms with Crippen molar-refractivity contribution >= 4 is 15.9 Å². The number of benzene rings is 1. The molecule has 16 heavy (non-hydrogen) atoms. The van der Waals surface area contributed by atoms with Gasteiger partial charge in [-0.3, -0.25) is 11.3 Å². The summed E-state index contributed by atoms with van der Waals surface area (Å²) in [7, 11) is 0. The van der Waals surface area contributed by atoms with E-state index < -0.39 is 0 Å². The van der Waals surface area contributed by atoms with Gasteiger partial charge in [-0.15, -0.1) is 0 Å². The van der Waals surface area contributed by atoms with Crippen LogP contribution in [0, 0.1) is 5.82 Å². The SMILES string of the molecule is CCOCC(Cc1cccc(F)c1Br)NN. The minimum atomic E-state index is -0.260. The van der Waals surface area contributed by atoms with Gasteiger partial charge in [-0.25, -0.2) is 4.39 Å². The molecule has 0 amide bonds. The molecule has 1 aromatic rings. The standard InChI is InChI=1S/C11H16BrFN2O/c1-2-16-7-9(15-14)6-8-4-3-5-10(13)11(8)12/h3-5,9,15H,2,6-7,14H2,1H3. The van der Waals surface area contributed by atoms with Gasteiger partial charge >= 0.3 is 0 Å². The molecule has 0 bridgehead atoms. The fraction of sp³-hybridized carbons (Fsp3) is 0.455. The van der Waals surface area contributed by atoms with Crippen LogP contribution in [0.3, 0.4) is 0 Å². The third-order valence-electron chi connectivity index (χ3n) is 2.26. The lowest BCUT2D eigenvalue weighted by atomic mass is 10.1. The zero-order valence-electron chi connectivity index (χ0n) is 9.17. The molecule has 0 saturated heterocycles. The van der Waals surface area contributed by atoms with Crippen molar-refractivity contribution in [2.45, 2.75) is 19.4 Å². The molecule has 0 spiro atoms. The molecule has 0 aliphatic heterocycles. The van der Waals surface area contributed by atoms with Crippen molar-refractivity contribution in [1.82, 2.24) is 5.43 Å². The Labute approximate surface area is 103 Å². The summed E-state index contributed by atoms with van der Waals surface area (Å²) >= 11 is 3.22. The highest BCUT2D eigenvalue weighted by Gasteiger charge is 2.11. The molecule has 1 atom stereocenters. The normalized spacial score (nSPS) is 12.8. The van der Waals surface area contributed by atoms with Gasteiger partial charge in [0.15, 0.2) is 0 Å². The minimum absolute atomic E-state index is 0.0157. The molecule has 1 aromatic carbocycles. The first-order valence-electron chi connectivity index (χ1n) is 5.15. The average molecular weight is 291 g/mol. The molecule has 0 fully saturated rings. The number of halogens is 2. The highest BCUT2D eigenvalue weighted by molar-refractivity contribution is 9.10. The minimum Gasteiger partial charge on any atom is -0.380 e. The van der Waals surface area contributed by atoms with Crippen LogP contribution in [0.15, 0.2) is 22.7 Å². The second-order valence-corrected chi connectivity index (χ2v) is 4.23. The van der Waals surface area contributed by atoms with E-state index in [4.69, 9.17) is 10.6 Å². The first-order valence-corrected chi connectivity index (χ1v) is 5.95. The lowest BCUT2D eigenvalue weighted by molar-refractivity contribution is 0.122. The van der Waals surface area contributed by atoms with E-state index in [-0.39, 0.29) is 11.9 Å². The first-order chi connectivity index (χ1) is 7.69. The summed E-state index contributed by atoms with van der Waals surface area (Å²) in [6.45, 7) is 3.07. The zero-order chi connectivity index (χ0) is 12.0. The van der Waals surface area contributed by atoms with E-state index in [1.54, 1.807) is 6.07 Å². The van der Waals surface area contributed by atoms with Gasteiger partial charge < -0.3 is 4.74 Å². The van der Waals surface area contributed by atoms with Crippen molar-refractivity contribution in [3.8, 4) is 0 Å². The van der Waals surface area contributed by atoms with Crippen LogP contribution in [-0.4, -0.2) is 19.3 Å². The van der Waals surface area contributed by atoms with Gasteiger partial charge in [-0.2, -0.15) is 0 Å². The summed E-state index contributed by atoms with van der Waals surface area (Å²) in [5, 5.41) is 0. The second kappa shape index (κ2) is 6.96. The Balaban J connectivity index is 2.66. The number of ether oxygens (including phenoxy) is 1. The third-order valence-corrected chi connectivity index (χ3v) is 3.14. The van der Waals surface area contributed by atoms with Crippen molar-refractivity contribution in [2.75, 3.05) is 13.2 Å². The number of nitrogens with two attached hydrogens (primary N) is 1. The Morgan fingerprint density at radius 3 is 2.94 bits per heavy atom. The highest BCUT2D eigenvalue weighted by Crippen LogP contribution is 2.21. The molecule has 0 heterocycles. The molecule has 1 rings (SSSR count). The molecule has 1 unspecified atom stereocenters. The predicted octanol–water partition coefficient (Wildman–Crippen LogP) is 2.00. The molecular formula is C11H16BrFN2O. The highest BCUT2D eigenvalue weighted by atomic mass is 79.9. The summed E-state index contributed by atoms with van der Waals surface area (Å²) in [6.07, 6.45) is 0.620. The summed E-state index contributed by atoms with van der Waals surface area (Å²) in [4.78, 5) is 0. The molecule has 3 N–H and O–H groups in total. The van der Waals surface area contributed by atoms with Gasteiger partial charge in [-0.05, 0) is 40.9 Å². The van der Waals surface area contributed by atoms with Crippen LogP contribution in [0.25, 0.3) is 0 Å². The Bertz CT molecular complexity index is 336. The number of nitrogens with one attached hydrogen (secondary N) is 1. The van der Waals surface area contributed by atoms with Crippen LogP contribution >= 0.6 is 15.9 Å². The molecule has 0 aromatic heterocycles. The van der Waals surface area contributed by atoms with Gasteiger partial charge in [0.05, 0.1) is 11.1 Å². The molecular weight excluding hydrogens is 275 g/mol. The Hall–Kier alpha value is -0.490. The van der Waals surface area contributed by atoms with E-state index in [0.717, 1.165) is 5.56 Å². The van der Waals surface area contributed by atoms with E-state index in [1.807, 2.05) is 13.0 Å². The lowest BCUT2D eigenvalue weighted by Gasteiger charge is -2.16. The quantitative estimate of drug-likeness (QED) is 0.622. The van der Waals surface area contributed by atoms with Crippen LogP contribution in [0.5, 0.6) is 0 Å². The van der Waals surface area contributed by atoms with Crippen LogP contribution in [0.2, 0.25) is 0 Å². The van der Waals surface area contributed by atoms with Gasteiger partial charge in [0.1, 0.15) is 5.82 Å². The Morgan fingerprint density at radius 2 is 2.31 bits per heavy atom. The largest absolute Gasteiger partial charge is 0.380 e. The van der Waals surface area contributed by atoms with Crippen molar-refractivity contribution in [2.24, 2.45) is 5.84 Å². The van der Waals surface area contributed by atoms with Gasteiger partial charge in [-0.1, -0.05) is 12.1 Å². The van der Waals surface area contributed by atoms with E-state index in [1.165, 1.54) is 6.07 Å². The molecule has 0 saturated carbocycles. The monoisotopic (exact) mass is 290 g/mol. The summed E-state index contributed by atoms with van der Waals surface area (Å²) in [6, 6.07) is 4.95. The summed E-state index contributed by atoms with van der Waals surface area (Å²) in [5.41, 5.74) is 3.54. The number of rotatable bonds is 6. The number of hydrogen-bond acceptors (Lipinski definition) is 3. The van der Waals surface area contributed by atoms with Gasteiger partial charge in [0, 0.05) is 12.6 Å². The maximum absolute atomic E-state index is 13.3. The fourth-order valence-electron chi connectivity index (χ4n) is 1.40. The summed E-state index contributed by atoms with van der Waals surface area (Å²) in [5.74, 6) is 5.15. The smallest absolute Gasteiger partial charge is 0.137 e. The van der Waals surface area contributed by atoms with Crippen LogP contribution in [-0.2, 0) is 11.2 Å². The van der Waals surface area contributed by atoms with Crippen molar-refractivity contribution in [3.63, 3.8) is 0 Å². The lowest BCUT2D eigenvalue weighted by Crippen LogP contribution is -2.40. The van der Waals surface area contributed by atoms with Gasteiger partial charge in [0.2, 0.25) is 0 Å². The van der Waals surface area contributed by atoms with Crippen LogP contribution in [0.1, 0.15) is 12.5 Å². The molecule has 0 aliphatic carbocycles. The van der Waals surface area contributed by atoms with Gasteiger partial charge in [0.25, 0.3) is 0 Å². The number of hydrogen-bond donors (Lipinski definition) is 2. The van der Waals surface area contributed by atoms with Crippen molar-refractivity contribution < 1.29 is 9.13 Å². The second-order valence-electron chi connectivity index (χ2n) is 3.44. The predicted molar refractivity (Wildman–Crippen MR) is 65.4 cm³/mol. The van der Waals surface area contributed by atoms with Crippen molar-refractivity contribution in [3.05, 3.63) is 34.1 Å². The third kappa shape index (κ3) is 3.83. The van der Waals surface area contributed by atoms with Crippen LogP contribution < -0.4 is 11.3 Å². The number of hydrazine groups is 1. The Kier molecular flexibility index (Phi) is 5.90. The van der Waals surface area contributed by atoms with E-state index >= 15 is 0 Å². The fourth-order valence-corrected chi connectivity index (χ4v) is 1.82.